The Labute approximate surface area is 130 Å². The summed E-state index contributed by atoms with van der Waals surface area (Å²) in [7, 11) is -1.56. The summed E-state index contributed by atoms with van der Waals surface area (Å²) < 4.78 is 28.8. The quantitative estimate of drug-likeness (QED) is 0.837. The average molecular weight is 324 g/mol. The minimum Gasteiger partial charge on any atom is -0.480 e. The molecule has 0 N–H and O–H groups in total. The first-order valence-corrected chi connectivity index (χ1v) is 9.37. The van der Waals surface area contributed by atoms with Crippen molar-refractivity contribution in [2.75, 3.05) is 13.4 Å². The highest BCUT2D eigenvalue weighted by Crippen LogP contribution is 2.39. The molecule has 120 valence electrons. The summed E-state index contributed by atoms with van der Waals surface area (Å²) in [4.78, 5) is 18.8. The number of pyridine rings is 1. The predicted octanol–water partition coefficient (Wildman–Crippen LogP) is 1.27. The van der Waals surface area contributed by atoms with E-state index < -0.39 is 9.84 Å². The van der Waals surface area contributed by atoms with Crippen molar-refractivity contribution >= 4 is 15.7 Å². The number of fused-ring (bicyclic) bond motifs is 2. The van der Waals surface area contributed by atoms with E-state index in [-0.39, 0.29) is 23.2 Å². The number of methoxy groups -OCH3 is 1. The number of hydrogen-bond donors (Lipinski definition) is 0. The first kappa shape index (κ1) is 15.3. The molecule has 0 aromatic carbocycles. The molecule has 22 heavy (non-hydrogen) atoms. The van der Waals surface area contributed by atoms with Gasteiger partial charge in [-0.3, -0.25) is 4.79 Å². The van der Waals surface area contributed by atoms with Crippen molar-refractivity contribution in [3.8, 4) is 5.88 Å². The molecule has 1 amide bonds. The molecule has 3 heterocycles. The van der Waals surface area contributed by atoms with Gasteiger partial charge in [-0.15, -0.1) is 0 Å². The Morgan fingerprint density at radius 2 is 1.95 bits per heavy atom. The highest BCUT2D eigenvalue weighted by atomic mass is 32.2. The molecular weight excluding hydrogens is 304 g/mol. The Morgan fingerprint density at radius 1 is 1.32 bits per heavy atom. The molecule has 0 aliphatic carbocycles. The number of piperidine rings is 1. The van der Waals surface area contributed by atoms with E-state index in [1.165, 1.54) is 13.4 Å². The lowest BCUT2D eigenvalue weighted by molar-refractivity contribution is 0.0594. The lowest BCUT2D eigenvalue weighted by Gasteiger charge is -2.38. The normalized spacial score (nSPS) is 27.7. The molecular formula is C15H20N2O4S. The van der Waals surface area contributed by atoms with E-state index in [0.717, 1.165) is 12.8 Å². The van der Waals surface area contributed by atoms with Crippen molar-refractivity contribution in [2.45, 2.75) is 43.0 Å². The monoisotopic (exact) mass is 324 g/mol. The number of rotatable bonds is 3. The summed E-state index contributed by atoms with van der Waals surface area (Å²) in [5.74, 6) is 0.210. The Kier molecular flexibility index (Phi) is 3.84. The Bertz CT molecular complexity index is 675. The van der Waals surface area contributed by atoms with Crippen LogP contribution in [0.25, 0.3) is 0 Å². The maximum Gasteiger partial charge on any atom is 0.259 e. The van der Waals surface area contributed by atoms with Gasteiger partial charge >= 0.3 is 0 Å². The molecule has 2 aliphatic rings. The molecule has 0 saturated carbocycles. The third-order valence-electron chi connectivity index (χ3n) is 4.72. The zero-order chi connectivity index (χ0) is 15.9. The van der Waals surface area contributed by atoms with E-state index in [1.54, 1.807) is 18.3 Å². The van der Waals surface area contributed by atoms with Gasteiger partial charge in [-0.05, 0) is 37.8 Å². The molecule has 2 bridgehead atoms. The average Bonchev–Trinajstić information content (AvgIpc) is 2.75. The highest BCUT2D eigenvalue weighted by molar-refractivity contribution is 7.91. The van der Waals surface area contributed by atoms with Gasteiger partial charge in [-0.25, -0.2) is 13.4 Å². The molecule has 6 nitrogen and oxygen atoms in total. The van der Waals surface area contributed by atoms with Crippen LogP contribution in [-0.4, -0.2) is 54.9 Å². The fourth-order valence-corrected chi connectivity index (χ4v) is 4.81. The van der Waals surface area contributed by atoms with Crippen molar-refractivity contribution in [1.29, 1.82) is 0 Å². The Hall–Kier alpha value is -1.63. The smallest absolute Gasteiger partial charge is 0.259 e. The summed E-state index contributed by atoms with van der Waals surface area (Å²) in [5, 5.41) is -0.329. The molecule has 7 heteroatoms. The number of aromatic nitrogens is 1. The second-order valence-corrected chi connectivity index (χ2v) is 8.41. The summed E-state index contributed by atoms with van der Waals surface area (Å²) in [6.45, 7) is 0. The van der Waals surface area contributed by atoms with Crippen molar-refractivity contribution in [2.24, 2.45) is 0 Å². The molecule has 3 rings (SSSR count). The molecule has 2 saturated heterocycles. The van der Waals surface area contributed by atoms with Gasteiger partial charge in [0, 0.05) is 24.5 Å². The Balaban J connectivity index is 1.87. The topological polar surface area (TPSA) is 76.6 Å². The van der Waals surface area contributed by atoms with E-state index in [2.05, 4.69) is 4.98 Å². The van der Waals surface area contributed by atoms with E-state index in [9.17, 15) is 13.2 Å². The predicted molar refractivity (Wildman–Crippen MR) is 81.6 cm³/mol. The minimum absolute atomic E-state index is 0.00381. The molecule has 2 aliphatic heterocycles. The first-order valence-electron chi connectivity index (χ1n) is 7.42. The van der Waals surface area contributed by atoms with Gasteiger partial charge in [0.15, 0.2) is 0 Å². The van der Waals surface area contributed by atoms with E-state index in [0.29, 0.717) is 24.3 Å². The number of amides is 1. The number of ether oxygens (including phenoxy) is 1. The van der Waals surface area contributed by atoms with Gasteiger partial charge in [0.2, 0.25) is 5.88 Å². The van der Waals surface area contributed by atoms with Crippen LogP contribution in [0, 0.1) is 0 Å². The number of nitrogens with zero attached hydrogens (tertiary/aromatic N) is 2. The lowest BCUT2D eigenvalue weighted by atomic mass is 10.0. The molecule has 2 fully saturated rings. The Morgan fingerprint density at radius 3 is 2.50 bits per heavy atom. The van der Waals surface area contributed by atoms with Crippen LogP contribution in [0.1, 0.15) is 36.0 Å². The fourth-order valence-electron chi connectivity index (χ4n) is 3.66. The van der Waals surface area contributed by atoms with Crippen molar-refractivity contribution in [3.63, 3.8) is 0 Å². The number of carbonyl (C=O) groups is 1. The van der Waals surface area contributed by atoms with E-state index in [1.807, 2.05) is 4.90 Å². The van der Waals surface area contributed by atoms with Crippen LogP contribution in [0.4, 0.5) is 0 Å². The standard InChI is InChI=1S/C15H20N2O4S/c1-21-14-13(4-3-7-16-14)15(18)17-10-5-6-11(17)9-12(8-10)22(2,19)20/h3-4,7,10-12H,5-6,8-9H2,1-2H3/t10-,11-/m0/s1. The number of carbonyl (C=O) groups excluding carboxylic acids is 1. The summed E-state index contributed by atoms with van der Waals surface area (Å²) in [5.41, 5.74) is 0.444. The minimum atomic E-state index is -3.05. The summed E-state index contributed by atoms with van der Waals surface area (Å²) >= 11 is 0. The van der Waals surface area contributed by atoms with Crippen molar-refractivity contribution < 1.29 is 17.9 Å². The molecule has 2 atom stereocenters. The van der Waals surface area contributed by atoms with Crippen LogP contribution in [0.2, 0.25) is 0 Å². The molecule has 0 spiro atoms. The summed E-state index contributed by atoms with van der Waals surface area (Å²) in [6.07, 6.45) is 5.67. The second kappa shape index (κ2) is 5.53. The maximum atomic E-state index is 12.9. The lowest BCUT2D eigenvalue weighted by Crippen LogP contribution is -2.49. The highest BCUT2D eigenvalue weighted by Gasteiger charge is 2.46. The maximum absolute atomic E-state index is 12.9. The largest absolute Gasteiger partial charge is 0.480 e. The number of hydrogen-bond acceptors (Lipinski definition) is 5. The summed E-state index contributed by atoms with van der Waals surface area (Å²) in [6, 6.07) is 3.41. The van der Waals surface area contributed by atoms with Gasteiger partial charge in [0.05, 0.1) is 12.4 Å². The number of sulfone groups is 1. The van der Waals surface area contributed by atoms with Crippen LogP contribution < -0.4 is 4.74 Å². The van der Waals surface area contributed by atoms with Crippen molar-refractivity contribution in [1.82, 2.24) is 9.88 Å². The second-order valence-electron chi connectivity index (χ2n) is 6.08. The van der Waals surface area contributed by atoms with Crippen LogP contribution in [-0.2, 0) is 9.84 Å². The zero-order valence-electron chi connectivity index (χ0n) is 12.7. The van der Waals surface area contributed by atoms with Crippen molar-refractivity contribution in [3.05, 3.63) is 23.9 Å². The van der Waals surface area contributed by atoms with Gasteiger partial charge in [0.1, 0.15) is 15.4 Å². The van der Waals surface area contributed by atoms with Gasteiger partial charge in [0.25, 0.3) is 5.91 Å². The molecule has 0 radical (unpaired) electrons. The molecule has 1 aromatic rings. The van der Waals surface area contributed by atoms with Crippen LogP contribution >= 0.6 is 0 Å². The SMILES string of the molecule is COc1ncccc1C(=O)N1[C@H]2CC[C@H]1CC(S(C)(=O)=O)C2. The molecule has 0 unspecified atom stereocenters. The van der Waals surface area contributed by atoms with Gasteiger partial charge < -0.3 is 9.64 Å². The zero-order valence-corrected chi connectivity index (χ0v) is 13.5. The van der Waals surface area contributed by atoms with E-state index in [4.69, 9.17) is 4.74 Å². The van der Waals surface area contributed by atoms with Gasteiger partial charge in [-0.1, -0.05) is 0 Å². The first-order chi connectivity index (χ1) is 10.4. The molecule has 1 aromatic heterocycles. The third-order valence-corrected chi connectivity index (χ3v) is 6.32. The van der Waals surface area contributed by atoms with Crippen LogP contribution in [0.5, 0.6) is 5.88 Å². The third kappa shape index (κ3) is 2.58. The fraction of sp³-hybridized carbons (Fsp3) is 0.600. The van der Waals surface area contributed by atoms with Crippen LogP contribution in [0.15, 0.2) is 18.3 Å². The van der Waals surface area contributed by atoms with Crippen LogP contribution in [0.3, 0.4) is 0 Å². The van der Waals surface area contributed by atoms with Gasteiger partial charge in [-0.2, -0.15) is 0 Å². The van der Waals surface area contributed by atoms with E-state index >= 15 is 0 Å².